The highest BCUT2D eigenvalue weighted by molar-refractivity contribution is 7.07. The number of aromatic nitrogens is 1. The quantitative estimate of drug-likeness (QED) is 0.505. The number of carbonyl (C=O) groups excluding carboxylic acids is 1. The van der Waals surface area contributed by atoms with Crippen molar-refractivity contribution in [2.45, 2.75) is 19.9 Å². The van der Waals surface area contributed by atoms with E-state index in [1.54, 1.807) is 50.3 Å². The first-order valence-corrected chi connectivity index (χ1v) is 11.4. The van der Waals surface area contributed by atoms with Gasteiger partial charge in [0.15, 0.2) is 16.3 Å². The van der Waals surface area contributed by atoms with E-state index in [1.807, 2.05) is 0 Å². The summed E-state index contributed by atoms with van der Waals surface area (Å²) in [5, 5.41) is 0. The molecule has 9 heteroatoms. The van der Waals surface area contributed by atoms with Crippen LogP contribution in [0.15, 0.2) is 63.5 Å². The van der Waals surface area contributed by atoms with Crippen LogP contribution in [0.4, 0.5) is 4.39 Å². The first-order valence-electron chi connectivity index (χ1n) is 10.6. The summed E-state index contributed by atoms with van der Waals surface area (Å²) in [7, 11) is 3.02. The fourth-order valence-corrected chi connectivity index (χ4v) is 4.97. The minimum Gasteiger partial charge on any atom is -0.493 e. The highest BCUT2D eigenvalue weighted by Crippen LogP contribution is 2.40. The summed E-state index contributed by atoms with van der Waals surface area (Å²) in [5.41, 5.74) is 1.59. The van der Waals surface area contributed by atoms with Gasteiger partial charge in [-0.25, -0.2) is 14.2 Å². The number of halogens is 1. The third-order valence-electron chi connectivity index (χ3n) is 5.41. The van der Waals surface area contributed by atoms with Gasteiger partial charge in [-0.05, 0) is 43.7 Å². The standard InChI is InChI=1S/C25H23FN2O5S/c1-5-33-24(30)20-14(2)27-25-28(21(20)17-7-6-8-18(31-3)22(17)32-4)23(29)19(34-25)13-15-9-11-16(26)12-10-15/h6-13,21H,5H2,1-4H3/b19-13-/t21-/m0/s1. The SMILES string of the molecule is CCOC(=O)C1=C(C)N=c2s/c(=C\c3ccc(F)cc3)c(=O)n2[C@H]1c1cccc(OC)c1OC. The maximum atomic E-state index is 13.6. The normalized spacial score (nSPS) is 15.6. The number of thiazole rings is 1. The van der Waals surface area contributed by atoms with Crippen LogP contribution in [0.2, 0.25) is 0 Å². The summed E-state index contributed by atoms with van der Waals surface area (Å²) in [6, 6.07) is 10.3. The van der Waals surface area contributed by atoms with Gasteiger partial charge in [0.25, 0.3) is 5.56 Å². The van der Waals surface area contributed by atoms with Gasteiger partial charge in [-0.2, -0.15) is 0 Å². The molecule has 0 bridgehead atoms. The predicted molar refractivity (Wildman–Crippen MR) is 126 cm³/mol. The lowest BCUT2D eigenvalue weighted by molar-refractivity contribution is -0.139. The number of fused-ring (bicyclic) bond motifs is 1. The number of ether oxygens (including phenoxy) is 3. The monoisotopic (exact) mass is 482 g/mol. The first-order chi connectivity index (χ1) is 16.4. The van der Waals surface area contributed by atoms with E-state index in [2.05, 4.69) is 4.99 Å². The molecule has 2 aromatic carbocycles. The molecule has 0 fully saturated rings. The average Bonchev–Trinajstić information content (AvgIpc) is 3.13. The Bertz CT molecular complexity index is 1450. The number of benzene rings is 2. The van der Waals surface area contributed by atoms with Gasteiger partial charge >= 0.3 is 5.97 Å². The van der Waals surface area contributed by atoms with Crippen LogP contribution in [0.25, 0.3) is 6.08 Å². The topological polar surface area (TPSA) is 79.1 Å². The molecule has 0 saturated heterocycles. The van der Waals surface area contributed by atoms with E-state index >= 15 is 0 Å². The Morgan fingerprint density at radius 1 is 1.18 bits per heavy atom. The molecular weight excluding hydrogens is 459 g/mol. The fourth-order valence-electron chi connectivity index (χ4n) is 3.92. The smallest absolute Gasteiger partial charge is 0.338 e. The number of allylic oxidation sites excluding steroid dienone is 1. The lowest BCUT2D eigenvalue weighted by Crippen LogP contribution is -2.40. The van der Waals surface area contributed by atoms with Crippen molar-refractivity contribution >= 4 is 23.4 Å². The molecule has 7 nitrogen and oxygen atoms in total. The Morgan fingerprint density at radius 2 is 1.91 bits per heavy atom. The van der Waals surface area contributed by atoms with Gasteiger partial charge in [0.1, 0.15) is 11.9 Å². The minimum absolute atomic E-state index is 0.173. The number of nitrogens with zero attached hydrogens (tertiary/aromatic N) is 2. The molecule has 3 aromatic rings. The molecule has 34 heavy (non-hydrogen) atoms. The van der Waals surface area contributed by atoms with Crippen LogP contribution < -0.4 is 24.4 Å². The second-order valence-corrected chi connectivity index (χ2v) is 8.45. The van der Waals surface area contributed by atoms with Crippen molar-refractivity contribution in [2.75, 3.05) is 20.8 Å². The van der Waals surface area contributed by atoms with Crippen molar-refractivity contribution < 1.29 is 23.4 Å². The van der Waals surface area contributed by atoms with E-state index in [0.717, 1.165) is 0 Å². The zero-order valence-corrected chi connectivity index (χ0v) is 19.9. The molecule has 0 unspecified atom stereocenters. The zero-order chi connectivity index (χ0) is 24.4. The Hall–Kier alpha value is -3.72. The predicted octanol–water partition coefficient (Wildman–Crippen LogP) is 2.95. The van der Waals surface area contributed by atoms with Crippen molar-refractivity contribution in [1.82, 2.24) is 4.57 Å². The maximum absolute atomic E-state index is 13.6. The van der Waals surface area contributed by atoms with Gasteiger partial charge in [-0.1, -0.05) is 35.6 Å². The van der Waals surface area contributed by atoms with Crippen molar-refractivity contribution in [2.24, 2.45) is 4.99 Å². The summed E-state index contributed by atoms with van der Waals surface area (Å²) >= 11 is 1.19. The molecule has 0 radical (unpaired) electrons. The van der Waals surface area contributed by atoms with Gasteiger partial charge in [0.05, 0.1) is 36.6 Å². The molecule has 0 saturated carbocycles. The van der Waals surface area contributed by atoms with Crippen molar-refractivity contribution in [3.63, 3.8) is 0 Å². The molecule has 0 spiro atoms. The Labute approximate surface area is 199 Å². The third-order valence-corrected chi connectivity index (χ3v) is 6.40. The number of carbonyl (C=O) groups is 1. The first kappa shape index (κ1) is 23.4. The average molecular weight is 483 g/mol. The van der Waals surface area contributed by atoms with E-state index in [0.29, 0.717) is 37.7 Å². The molecule has 0 N–H and O–H groups in total. The molecule has 0 aliphatic carbocycles. The number of esters is 1. The molecule has 0 amide bonds. The number of hydrogen-bond donors (Lipinski definition) is 0. The maximum Gasteiger partial charge on any atom is 0.338 e. The number of hydrogen-bond acceptors (Lipinski definition) is 7. The fraction of sp³-hybridized carbons (Fsp3) is 0.240. The lowest BCUT2D eigenvalue weighted by Gasteiger charge is -2.26. The molecule has 1 aromatic heterocycles. The highest BCUT2D eigenvalue weighted by Gasteiger charge is 2.35. The van der Waals surface area contributed by atoms with Crippen LogP contribution in [0.3, 0.4) is 0 Å². The van der Waals surface area contributed by atoms with Crippen LogP contribution in [-0.4, -0.2) is 31.4 Å². The molecule has 2 heterocycles. The van der Waals surface area contributed by atoms with Gasteiger partial charge in [-0.15, -0.1) is 0 Å². The molecular formula is C25H23FN2O5S. The van der Waals surface area contributed by atoms with Crippen LogP contribution in [0.1, 0.15) is 31.0 Å². The highest BCUT2D eigenvalue weighted by atomic mass is 32.1. The van der Waals surface area contributed by atoms with Crippen molar-refractivity contribution in [3.05, 3.63) is 90.4 Å². The molecule has 1 aliphatic heterocycles. The Morgan fingerprint density at radius 3 is 2.56 bits per heavy atom. The minimum atomic E-state index is -0.837. The molecule has 1 atom stereocenters. The van der Waals surface area contributed by atoms with E-state index in [9.17, 15) is 14.0 Å². The lowest BCUT2D eigenvalue weighted by atomic mass is 9.94. The molecule has 1 aliphatic rings. The molecule has 176 valence electrons. The van der Waals surface area contributed by atoms with Crippen LogP contribution in [0, 0.1) is 5.82 Å². The third kappa shape index (κ3) is 4.14. The van der Waals surface area contributed by atoms with E-state index in [4.69, 9.17) is 14.2 Å². The summed E-state index contributed by atoms with van der Waals surface area (Å²) in [6.45, 7) is 3.60. The van der Waals surface area contributed by atoms with Crippen LogP contribution in [0.5, 0.6) is 11.5 Å². The van der Waals surface area contributed by atoms with E-state index in [1.165, 1.54) is 42.3 Å². The second kappa shape index (κ2) is 9.64. The largest absolute Gasteiger partial charge is 0.493 e. The molecule has 4 rings (SSSR count). The zero-order valence-electron chi connectivity index (χ0n) is 19.1. The van der Waals surface area contributed by atoms with E-state index in [-0.39, 0.29) is 23.6 Å². The van der Waals surface area contributed by atoms with Crippen molar-refractivity contribution in [1.29, 1.82) is 0 Å². The Balaban J connectivity index is 2.01. The second-order valence-electron chi connectivity index (χ2n) is 7.44. The summed E-state index contributed by atoms with van der Waals surface area (Å²) < 4.78 is 31.6. The summed E-state index contributed by atoms with van der Waals surface area (Å²) in [5.74, 6) is -0.0595. The van der Waals surface area contributed by atoms with Crippen molar-refractivity contribution in [3.8, 4) is 11.5 Å². The van der Waals surface area contributed by atoms with Crippen LogP contribution >= 0.6 is 11.3 Å². The van der Waals surface area contributed by atoms with E-state index < -0.39 is 12.0 Å². The van der Waals surface area contributed by atoms with Gasteiger partial charge in [0.2, 0.25) is 0 Å². The number of rotatable bonds is 6. The summed E-state index contributed by atoms with van der Waals surface area (Å²) in [4.78, 5) is 31.6. The number of methoxy groups -OCH3 is 2. The number of para-hydroxylation sites is 1. The van der Waals surface area contributed by atoms with Gasteiger partial charge in [0, 0.05) is 5.56 Å². The Kier molecular flexibility index (Phi) is 6.65. The summed E-state index contributed by atoms with van der Waals surface area (Å²) in [6.07, 6.45) is 1.67. The van der Waals surface area contributed by atoms with Gasteiger partial charge in [-0.3, -0.25) is 9.36 Å². The van der Waals surface area contributed by atoms with Crippen LogP contribution in [-0.2, 0) is 9.53 Å². The van der Waals surface area contributed by atoms with Gasteiger partial charge < -0.3 is 14.2 Å².